The highest BCUT2D eigenvalue weighted by Gasteiger charge is 2.29. The predicted molar refractivity (Wildman–Crippen MR) is 79.9 cm³/mol. The van der Waals surface area contributed by atoms with E-state index in [9.17, 15) is 8.42 Å². The van der Waals surface area contributed by atoms with Gasteiger partial charge in [0.2, 0.25) is 10.0 Å². The standard InChI is InChI=1S/C13H16ClN3O2S/c1-2-5-16-6-8-17(9-7-16)20(18,19)13-10-11(15)3-4-12(13)14/h1,3-4,10H,5-9,15H2. The van der Waals surface area contributed by atoms with E-state index in [2.05, 4.69) is 5.92 Å². The fraction of sp³-hybridized carbons (Fsp3) is 0.385. The molecule has 1 aliphatic rings. The second-order valence-corrected chi connectivity index (χ2v) is 6.89. The van der Waals surface area contributed by atoms with Gasteiger partial charge in [-0.2, -0.15) is 4.31 Å². The Bertz CT molecular complexity index is 632. The zero-order valence-corrected chi connectivity index (χ0v) is 12.5. The van der Waals surface area contributed by atoms with Crippen LogP contribution in [0.2, 0.25) is 5.02 Å². The fourth-order valence-corrected chi connectivity index (χ4v) is 4.05. The molecular weight excluding hydrogens is 298 g/mol. The third kappa shape index (κ3) is 3.07. The van der Waals surface area contributed by atoms with Crippen LogP contribution in [0.3, 0.4) is 0 Å². The topological polar surface area (TPSA) is 66.6 Å². The number of hydrogen-bond donors (Lipinski definition) is 1. The van der Waals surface area contributed by atoms with Crippen LogP contribution in [0.1, 0.15) is 0 Å². The smallest absolute Gasteiger partial charge is 0.244 e. The van der Waals surface area contributed by atoms with Crippen molar-refractivity contribution in [1.82, 2.24) is 9.21 Å². The minimum absolute atomic E-state index is 0.0598. The quantitative estimate of drug-likeness (QED) is 0.664. The van der Waals surface area contributed by atoms with E-state index in [1.807, 2.05) is 4.90 Å². The summed E-state index contributed by atoms with van der Waals surface area (Å²) < 4.78 is 26.5. The molecule has 0 bridgehead atoms. The van der Waals surface area contributed by atoms with Gasteiger partial charge in [-0.3, -0.25) is 4.90 Å². The summed E-state index contributed by atoms with van der Waals surface area (Å²) in [7, 11) is -3.61. The SMILES string of the molecule is C#CCN1CCN(S(=O)(=O)c2cc(N)ccc2Cl)CC1. The van der Waals surface area contributed by atoms with Crippen molar-refractivity contribution in [1.29, 1.82) is 0 Å². The number of hydrogen-bond acceptors (Lipinski definition) is 4. The summed E-state index contributed by atoms with van der Waals surface area (Å²) in [5.74, 6) is 2.56. The molecule has 7 heteroatoms. The molecule has 0 saturated carbocycles. The molecule has 20 heavy (non-hydrogen) atoms. The maximum absolute atomic E-state index is 12.6. The van der Waals surface area contributed by atoms with Crippen molar-refractivity contribution in [2.24, 2.45) is 0 Å². The van der Waals surface area contributed by atoms with Gasteiger partial charge >= 0.3 is 0 Å². The average Bonchev–Trinajstić information content (AvgIpc) is 2.42. The summed E-state index contributed by atoms with van der Waals surface area (Å²) in [5, 5.41) is 0.185. The molecule has 1 fully saturated rings. The van der Waals surface area contributed by atoms with Crippen LogP contribution in [-0.2, 0) is 10.0 Å². The molecule has 0 unspecified atom stereocenters. The molecular formula is C13H16ClN3O2S. The molecule has 0 radical (unpaired) electrons. The van der Waals surface area contributed by atoms with E-state index in [1.54, 1.807) is 6.07 Å². The summed E-state index contributed by atoms with van der Waals surface area (Å²) in [5.41, 5.74) is 6.02. The van der Waals surface area contributed by atoms with Crippen molar-refractivity contribution < 1.29 is 8.42 Å². The number of halogens is 1. The van der Waals surface area contributed by atoms with Gasteiger partial charge in [-0.05, 0) is 18.2 Å². The first-order chi connectivity index (χ1) is 9.45. The zero-order chi connectivity index (χ0) is 14.8. The lowest BCUT2D eigenvalue weighted by molar-refractivity contribution is 0.207. The Labute approximate surface area is 124 Å². The Hall–Kier alpha value is -1.26. The van der Waals surface area contributed by atoms with Crippen LogP contribution in [0.15, 0.2) is 23.1 Å². The molecule has 1 heterocycles. The maximum Gasteiger partial charge on any atom is 0.244 e. The normalized spacial score (nSPS) is 17.8. The lowest BCUT2D eigenvalue weighted by Gasteiger charge is -2.33. The number of piperazine rings is 1. The summed E-state index contributed by atoms with van der Waals surface area (Å²) in [4.78, 5) is 2.09. The van der Waals surface area contributed by atoms with Crippen molar-refractivity contribution in [2.45, 2.75) is 4.90 Å². The molecule has 0 atom stereocenters. The zero-order valence-electron chi connectivity index (χ0n) is 10.9. The van der Waals surface area contributed by atoms with Gasteiger partial charge in [-0.25, -0.2) is 8.42 Å². The van der Waals surface area contributed by atoms with Crippen LogP contribution in [-0.4, -0.2) is 50.3 Å². The predicted octanol–water partition coefficient (Wildman–Crippen LogP) is 0.862. The maximum atomic E-state index is 12.6. The average molecular weight is 314 g/mol. The Morgan fingerprint density at radius 2 is 1.95 bits per heavy atom. The van der Waals surface area contributed by atoms with E-state index in [4.69, 9.17) is 23.8 Å². The molecule has 0 spiro atoms. The molecule has 1 aliphatic heterocycles. The molecule has 1 aromatic rings. The summed E-state index contributed by atoms with van der Waals surface area (Å²) >= 11 is 5.98. The highest BCUT2D eigenvalue weighted by Crippen LogP contribution is 2.27. The fourth-order valence-electron chi connectivity index (χ4n) is 2.11. The van der Waals surface area contributed by atoms with E-state index in [0.29, 0.717) is 38.4 Å². The lowest BCUT2D eigenvalue weighted by Crippen LogP contribution is -2.48. The van der Waals surface area contributed by atoms with Crippen LogP contribution in [0.4, 0.5) is 5.69 Å². The monoisotopic (exact) mass is 313 g/mol. The number of nitrogens with zero attached hydrogens (tertiary/aromatic N) is 2. The van der Waals surface area contributed by atoms with Crippen molar-refractivity contribution in [3.63, 3.8) is 0 Å². The van der Waals surface area contributed by atoms with E-state index < -0.39 is 10.0 Å². The van der Waals surface area contributed by atoms with Gasteiger partial charge in [0, 0.05) is 31.9 Å². The number of terminal acetylenes is 1. The van der Waals surface area contributed by atoms with Crippen LogP contribution >= 0.6 is 11.6 Å². The first-order valence-electron chi connectivity index (χ1n) is 6.16. The Morgan fingerprint density at radius 1 is 1.30 bits per heavy atom. The minimum atomic E-state index is -3.61. The van der Waals surface area contributed by atoms with Gasteiger partial charge in [0.15, 0.2) is 0 Å². The molecule has 0 aromatic heterocycles. The molecule has 5 nitrogen and oxygen atoms in total. The first kappa shape index (κ1) is 15.1. The summed E-state index contributed by atoms with van der Waals surface area (Å²) in [6.07, 6.45) is 5.25. The molecule has 2 rings (SSSR count). The van der Waals surface area contributed by atoms with Crippen molar-refractivity contribution >= 4 is 27.3 Å². The Kier molecular flexibility index (Phi) is 4.55. The van der Waals surface area contributed by atoms with E-state index in [1.165, 1.54) is 16.4 Å². The number of nitrogen functional groups attached to an aromatic ring is 1. The Morgan fingerprint density at radius 3 is 2.55 bits per heavy atom. The van der Waals surface area contributed by atoms with Gasteiger partial charge in [0.25, 0.3) is 0 Å². The molecule has 1 saturated heterocycles. The highest BCUT2D eigenvalue weighted by atomic mass is 35.5. The van der Waals surface area contributed by atoms with Gasteiger partial charge in [0.1, 0.15) is 4.90 Å². The van der Waals surface area contributed by atoms with Crippen LogP contribution < -0.4 is 5.73 Å². The van der Waals surface area contributed by atoms with Crippen molar-refractivity contribution in [2.75, 3.05) is 38.5 Å². The summed E-state index contributed by atoms with van der Waals surface area (Å²) in [6, 6.07) is 4.47. The van der Waals surface area contributed by atoms with Gasteiger partial charge in [-0.1, -0.05) is 17.5 Å². The van der Waals surface area contributed by atoms with Crippen LogP contribution in [0.5, 0.6) is 0 Å². The number of sulfonamides is 1. The second-order valence-electron chi connectivity index (χ2n) is 4.57. The largest absolute Gasteiger partial charge is 0.399 e. The Balaban J connectivity index is 2.20. The number of benzene rings is 1. The summed E-state index contributed by atoms with van der Waals surface area (Å²) in [6.45, 7) is 2.56. The van der Waals surface area contributed by atoms with Crippen molar-refractivity contribution in [3.8, 4) is 12.3 Å². The van der Waals surface area contributed by atoms with Gasteiger partial charge < -0.3 is 5.73 Å². The lowest BCUT2D eigenvalue weighted by atomic mass is 10.3. The van der Waals surface area contributed by atoms with E-state index in [0.717, 1.165) is 0 Å². The third-order valence-corrected chi connectivity index (χ3v) is 5.60. The number of anilines is 1. The molecule has 2 N–H and O–H groups in total. The van der Waals surface area contributed by atoms with Gasteiger partial charge in [0.05, 0.1) is 11.6 Å². The van der Waals surface area contributed by atoms with E-state index in [-0.39, 0.29) is 9.92 Å². The van der Waals surface area contributed by atoms with Crippen LogP contribution in [0, 0.1) is 12.3 Å². The molecule has 0 aliphatic carbocycles. The van der Waals surface area contributed by atoms with Crippen LogP contribution in [0.25, 0.3) is 0 Å². The molecule has 108 valence electrons. The minimum Gasteiger partial charge on any atom is -0.399 e. The third-order valence-electron chi connectivity index (χ3n) is 3.22. The molecule has 1 aromatic carbocycles. The molecule has 0 amide bonds. The highest BCUT2D eigenvalue weighted by molar-refractivity contribution is 7.89. The number of rotatable bonds is 3. The van der Waals surface area contributed by atoms with E-state index >= 15 is 0 Å². The van der Waals surface area contributed by atoms with Crippen molar-refractivity contribution in [3.05, 3.63) is 23.2 Å². The van der Waals surface area contributed by atoms with Gasteiger partial charge in [-0.15, -0.1) is 6.42 Å². The second kappa shape index (κ2) is 6.02. The number of nitrogens with two attached hydrogens (primary N) is 1. The first-order valence-corrected chi connectivity index (χ1v) is 7.98.